The number of nitrogens with one attached hydrogen (secondary N) is 2. The molecule has 0 aliphatic rings. The molecule has 8 nitrogen and oxygen atoms in total. The third-order valence-electron chi connectivity index (χ3n) is 4.88. The second-order valence-electron chi connectivity index (χ2n) is 7.95. The number of carbonyl (C=O) groups is 1. The number of nitrogens with two attached hydrogens (primary N) is 1. The van der Waals surface area contributed by atoms with Gasteiger partial charge in [-0.25, -0.2) is 9.18 Å². The fourth-order valence-corrected chi connectivity index (χ4v) is 3.50. The molecular formula is C23H25ClFN5O3. The van der Waals surface area contributed by atoms with Crippen LogP contribution in [0.2, 0.25) is 5.02 Å². The molecule has 0 aliphatic heterocycles. The smallest absolute Gasteiger partial charge is 0.330 e. The van der Waals surface area contributed by atoms with E-state index in [4.69, 9.17) is 17.3 Å². The zero-order chi connectivity index (χ0) is 24.1. The van der Waals surface area contributed by atoms with Gasteiger partial charge in [0.1, 0.15) is 11.6 Å². The summed E-state index contributed by atoms with van der Waals surface area (Å²) in [6.07, 6.45) is 0. The van der Waals surface area contributed by atoms with Crippen LogP contribution in [0.4, 0.5) is 21.6 Å². The van der Waals surface area contributed by atoms with E-state index in [1.165, 1.54) is 27.7 Å². The SMILES string of the molecule is CC(C)CN(C(=O)CNc1ccc(F)c(Cl)c1)c1c(N)n(Cc2ccccc2)c(=O)[nH]c1=O. The van der Waals surface area contributed by atoms with Gasteiger partial charge < -0.3 is 16.0 Å². The van der Waals surface area contributed by atoms with E-state index in [1.807, 2.05) is 44.2 Å². The average Bonchev–Trinajstić information content (AvgIpc) is 2.77. The van der Waals surface area contributed by atoms with Crippen molar-refractivity contribution in [1.82, 2.24) is 9.55 Å². The van der Waals surface area contributed by atoms with Crippen molar-refractivity contribution in [2.75, 3.05) is 29.0 Å². The molecule has 4 N–H and O–H groups in total. The van der Waals surface area contributed by atoms with Crippen LogP contribution in [-0.2, 0) is 11.3 Å². The van der Waals surface area contributed by atoms with E-state index in [2.05, 4.69) is 10.3 Å². The lowest BCUT2D eigenvalue weighted by molar-refractivity contribution is -0.117. The lowest BCUT2D eigenvalue weighted by atomic mass is 10.2. The van der Waals surface area contributed by atoms with Gasteiger partial charge in [0.2, 0.25) is 5.91 Å². The van der Waals surface area contributed by atoms with Crippen LogP contribution in [0, 0.1) is 11.7 Å². The number of rotatable bonds is 8. The predicted octanol–water partition coefficient (Wildman–Crippen LogP) is 3.06. The van der Waals surface area contributed by atoms with E-state index in [1.54, 1.807) is 0 Å². The number of aromatic amines is 1. The number of halogens is 2. The van der Waals surface area contributed by atoms with Crippen molar-refractivity contribution in [3.05, 3.63) is 85.8 Å². The van der Waals surface area contributed by atoms with Gasteiger partial charge >= 0.3 is 5.69 Å². The van der Waals surface area contributed by atoms with Crippen LogP contribution >= 0.6 is 11.6 Å². The summed E-state index contributed by atoms with van der Waals surface area (Å²) < 4.78 is 14.6. The molecule has 3 aromatic rings. The molecule has 174 valence electrons. The Balaban J connectivity index is 1.94. The van der Waals surface area contributed by atoms with E-state index >= 15 is 0 Å². The zero-order valence-electron chi connectivity index (χ0n) is 18.3. The van der Waals surface area contributed by atoms with Crippen LogP contribution in [-0.4, -0.2) is 28.5 Å². The Morgan fingerprint density at radius 2 is 1.91 bits per heavy atom. The van der Waals surface area contributed by atoms with Crippen LogP contribution in [0.15, 0.2) is 58.1 Å². The maximum Gasteiger partial charge on any atom is 0.330 e. The minimum absolute atomic E-state index is 0.00233. The first-order valence-corrected chi connectivity index (χ1v) is 10.7. The van der Waals surface area contributed by atoms with Crippen LogP contribution in [0.1, 0.15) is 19.4 Å². The Labute approximate surface area is 194 Å². The Bertz CT molecular complexity index is 1260. The summed E-state index contributed by atoms with van der Waals surface area (Å²) in [5.74, 6) is -1.13. The number of amides is 1. The first kappa shape index (κ1) is 24.1. The molecule has 33 heavy (non-hydrogen) atoms. The molecule has 0 aliphatic carbocycles. The maximum absolute atomic E-state index is 13.4. The third-order valence-corrected chi connectivity index (χ3v) is 5.17. The van der Waals surface area contributed by atoms with Crippen LogP contribution in [0.25, 0.3) is 0 Å². The summed E-state index contributed by atoms with van der Waals surface area (Å²) in [5, 5.41) is 2.79. The first-order chi connectivity index (χ1) is 15.7. The lowest BCUT2D eigenvalue weighted by Crippen LogP contribution is -2.44. The third kappa shape index (κ3) is 5.81. The van der Waals surface area contributed by atoms with Crippen molar-refractivity contribution >= 4 is 34.7 Å². The fraction of sp³-hybridized carbons (Fsp3) is 0.261. The Morgan fingerprint density at radius 1 is 1.21 bits per heavy atom. The molecule has 1 heterocycles. The van der Waals surface area contributed by atoms with E-state index in [0.29, 0.717) is 5.69 Å². The summed E-state index contributed by atoms with van der Waals surface area (Å²) in [4.78, 5) is 41.8. The van der Waals surface area contributed by atoms with Crippen molar-refractivity contribution in [2.24, 2.45) is 5.92 Å². The number of carbonyl (C=O) groups excluding carboxylic acids is 1. The summed E-state index contributed by atoms with van der Waals surface area (Å²) >= 11 is 5.79. The molecule has 10 heteroatoms. The maximum atomic E-state index is 13.4. The molecule has 0 unspecified atom stereocenters. The van der Waals surface area contributed by atoms with Gasteiger partial charge in [-0.1, -0.05) is 55.8 Å². The highest BCUT2D eigenvalue weighted by Crippen LogP contribution is 2.21. The normalized spacial score (nSPS) is 10.9. The average molecular weight is 474 g/mol. The highest BCUT2D eigenvalue weighted by atomic mass is 35.5. The van der Waals surface area contributed by atoms with Gasteiger partial charge in [-0.05, 0) is 29.7 Å². The minimum atomic E-state index is -0.749. The number of nitrogens with zero attached hydrogens (tertiary/aromatic N) is 2. The van der Waals surface area contributed by atoms with Crippen molar-refractivity contribution < 1.29 is 9.18 Å². The summed E-state index contributed by atoms with van der Waals surface area (Å²) in [7, 11) is 0. The van der Waals surface area contributed by atoms with Crippen LogP contribution in [0.3, 0.4) is 0 Å². The molecule has 0 bridgehead atoms. The second kappa shape index (κ2) is 10.4. The number of aromatic nitrogens is 2. The molecule has 0 saturated heterocycles. The van der Waals surface area contributed by atoms with Gasteiger partial charge in [0, 0.05) is 12.2 Å². The summed E-state index contributed by atoms with van der Waals surface area (Å²) in [6, 6.07) is 13.1. The topological polar surface area (TPSA) is 113 Å². The zero-order valence-corrected chi connectivity index (χ0v) is 19.0. The van der Waals surface area contributed by atoms with Gasteiger partial charge in [-0.15, -0.1) is 0 Å². The van der Waals surface area contributed by atoms with Gasteiger partial charge in [0.05, 0.1) is 18.1 Å². The molecule has 0 saturated carbocycles. The number of anilines is 3. The Kier molecular flexibility index (Phi) is 7.55. The molecule has 0 atom stereocenters. The van der Waals surface area contributed by atoms with Crippen molar-refractivity contribution in [2.45, 2.75) is 20.4 Å². The fourth-order valence-electron chi connectivity index (χ4n) is 3.32. The van der Waals surface area contributed by atoms with Crippen LogP contribution in [0.5, 0.6) is 0 Å². The first-order valence-electron chi connectivity index (χ1n) is 10.3. The standard InChI is InChI=1S/C23H25ClFN5O3/c1-14(2)12-29(19(31)11-27-16-8-9-18(25)17(24)10-16)20-21(26)30(23(33)28-22(20)32)13-15-6-4-3-5-7-15/h3-10,14,27H,11-13,26H2,1-2H3,(H,28,32,33). The molecule has 0 spiro atoms. The summed E-state index contributed by atoms with van der Waals surface area (Å²) in [5.41, 5.74) is 6.00. The molecular weight excluding hydrogens is 449 g/mol. The molecule has 0 radical (unpaired) electrons. The summed E-state index contributed by atoms with van der Waals surface area (Å²) in [6.45, 7) is 3.90. The molecule has 1 amide bonds. The number of H-pyrrole nitrogens is 1. The lowest BCUT2D eigenvalue weighted by Gasteiger charge is -2.26. The van der Waals surface area contributed by atoms with Gasteiger partial charge in [-0.3, -0.25) is 19.1 Å². The number of benzene rings is 2. The van der Waals surface area contributed by atoms with Gasteiger partial charge in [-0.2, -0.15) is 0 Å². The molecule has 2 aromatic carbocycles. The Morgan fingerprint density at radius 3 is 2.55 bits per heavy atom. The number of hydrogen-bond acceptors (Lipinski definition) is 5. The molecule has 3 rings (SSSR count). The van der Waals surface area contributed by atoms with Gasteiger partial charge in [0.25, 0.3) is 5.56 Å². The highest BCUT2D eigenvalue weighted by molar-refractivity contribution is 6.31. The van der Waals surface area contributed by atoms with E-state index in [9.17, 15) is 18.8 Å². The largest absolute Gasteiger partial charge is 0.383 e. The van der Waals surface area contributed by atoms with Crippen molar-refractivity contribution in [3.8, 4) is 0 Å². The van der Waals surface area contributed by atoms with E-state index in [0.717, 1.165) is 5.56 Å². The number of hydrogen-bond donors (Lipinski definition) is 3. The van der Waals surface area contributed by atoms with Crippen LogP contribution < -0.4 is 27.2 Å². The molecule has 0 fully saturated rings. The van der Waals surface area contributed by atoms with Crippen molar-refractivity contribution in [3.63, 3.8) is 0 Å². The monoisotopic (exact) mass is 473 g/mol. The minimum Gasteiger partial charge on any atom is -0.383 e. The number of nitrogen functional groups attached to an aromatic ring is 1. The van der Waals surface area contributed by atoms with E-state index in [-0.39, 0.29) is 42.1 Å². The Hall–Kier alpha value is -3.59. The molecule has 1 aromatic heterocycles. The van der Waals surface area contributed by atoms with Gasteiger partial charge in [0.15, 0.2) is 5.69 Å². The highest BCUT2D eigenvalue weighted by Gasteiger charge is 2.25. The second-order valence-corrected chi connectivity index (χ2v) is 8.35. The van der Waals surface area contributed by atoms with E-state index < -0.39 is 23.0 Å². The quantitative estimate of drug-likeness (QED) is 0.465. The van der Waals surface area contributed by atoms with Crippen molar-refractivity contribution in [1.29, 1.82) is 0 Å². The predicted molar refractivity (Wildman–Crippen MR) is 128 cm³/mol.